The molecule has 0 aliphatic carbocycles. The van der Waals surface area contributed by atoms with Gasteiger partial charge in [0.05, 0.1) is 5.41 Å². The SMILES string of the molecule is CC1CCN(S(=O)(=O)N2CCC(C(=O)O)(C(C)C)C2)CC1. The number of hydrogen-bond donors (Lipinski definition) is 1. The quantitative estimate of drug-likeness (QED) is 0.850. The molecule has 0 radical (unpaired) electrons. The molecular weight excluding hydrogens is 292 g/mol. The lowest BCUT2D eigenvalue weighted by molar-refractivity contribution is -0.150. The maximum absolute atomic E-state index is 12.7. The molecule has 0 aromatic carbocycles. The summed E-state index contributed by atoms with van der Waals surface area (Å²) in [5, 5.41) is 9.53. The Morgan fingerprint density at radius 2 is 1.76 bits per heavy atom. The molecular formula is C14H26N2O4S. The Morgan fingerprint density at radius 3 is 2.19 bits per heavy atom. The predicted molar refractivity (Wildman–Crippen MR) is 80.0 cm³/mol. The molecule has 0 aromatic rings. The van der Waals surface area contributed by atoms with Crippen LogP contribution in [0.1, 0.15) is 40.0 Å². The molecule has 2 saturated heterocycles. The van der Waals surface area contributed by atoms with Gasteiger partial charge in [0, 0.05) is 26.2 Å². The van der Waals surface area contributed by atoms with E-state index in [4.69, 9.17) is 0 Å². The van der Waals surface area contributed by atoms with E-state index in [0.29, 0.717) is 32.0 Å². The van der Waals surface area contributed by atoms with Crippen molar-refractivity contribution in [1.29, 1.82) is 0 Å². The molecule has 21 heavy (non-hydrogen) atoms. The summed E-state index contributed by atoms with van der Waals surface area (Å²) in [6.07, 6.45) is 2.14. The Bertz CT molecular complexity index is 497. The maximum atomic E-state index is 12.7. The Balaban J connectivity index is 2.14. The second-order valence-corrected chi connectivity index (χ2v) is 8.72. The second-order valence-electron chi connectivity index (χ2n) is 6.79. The summed E-state index contributed by atoms with van der Waals surface area (Å²) in [6, 6.07) is 0. The molecule has 7 heteroatoms. The summed E-state index contributed by atoms with van der Waals surface area (Å²) in [4.78, 5) is 11.6. The second kappa shape index (κ2) is 5.85. The minimum atomic E-state index is -3.52. The molecule has 1 atom stereocenters. The number of piperidine rings is 1. The topological polar surface area (TPSA) is 77.9 Å². The van der Waals surface area contributed by atoms with Crippen LogP contribution in [0.5, 0.6) is 0 Å². The molecule has 1 N–H and O–H groups in total. The summed E-state index contributed by atoms with van der Waals surface area (Å²) in [5.41, 5.74) is -0.948. The molecule has 2 rings (SSSR count). The van der Waals surface area contributed by atoms with E-state index in [0.717, 1.165) is 12.8 Å². The van der Waals surface area contributed by atoms with E-state index in [9.17, 15) is 18.3 Å². The number of hydrogen-bond acceptors (Lipinski definition) is 3. The average molecular weight is 318 g/mol. The fourth-order valence-corrected chi connectivity index (χ4v) is 4.98. The van der Waals surface area contributed by atoms with Crippen LogP contribution in [0.3, 0.4) is 0 Å². The van der Waals surface area contributed by atoms with Crippen molar-refractivity contribution in [1.82, 2.24) is 8.61 Å². The molecule has 122 valence electrons. The van der Waals surface area contributed by atoms with Crippen molar-refractivity contribution in [3.05, 3.63) is 0 Å². The van der Waals surface area contributed by atoms with Gasteiger partial charge in [0.25, 0.3) is 10.2 Å². The number of rotatable bonds is 4. The Labute approximate surface area is 127 Å². The van der Waals surface area contributed by atoms with E-state index < -0.39 is 21.6 Å². The van der Waals surface area contributed by atoms with Crippen molar-refractivity contribution in [2.24, 2.45) is 17.3 Å². The van der Waals surface area contributed by atoms with Gasteiger partial charge in [-0.05, 0) is 31.1 Å². The van der Waals surface area contributed by atoms with Gasteiger partial charge < -0.3 is 5.11 Å². The van der Waals surface area contributed by atoms with Crippen LogP contribution in [0.2, 0.25) is 0 Å². The first-order valence-corrected chi connectivity index (χ1v) is 9.08. The van der Waals surface area contributed by atoms with Crippen LogP contribution in [-0.4, -0.2) is 54.3 Å². The molecule has 0 saturated carbocycles. The maximum Gasteiger partial charge on any atom is 0.311 e. The molecule has 2 aliphatic heterocycles. The van der Waals surface area contributed by atoms with Crippen LogP contribution in [0.25, 0.3) is 0 Å². The fourth-order valence-electron chi connectivity index (χ4n) is 3.27. The normalized spacial score (nSPS) is 30.1. The lowest BCUT2D eigenvalue weighted by Gasteiger charge is -2.33. The molecule has 2 aliphatic rings. The highest BCUT2D eigenvalue weighted by molar-refractivity contribution is 7.86. The summed E-state index contributed by atoms with van der Waals surface area (Å²) in [5.74, 6) is -0.414. The molecule has 0 spiro atoms. The van der Waals surface area contributed by atoms with Crippen LogP contribution >= 0.6 is 0 Å². The van der Waals surface area contributed by atoms with E-state index in [1.165, 1.54) is 8.61 Å². The third-order valence-corrected chi connectivity index (χ3v) is 7.17. The molecule has 2 fully saturated rings. The third-order valence-electron chi connectivity index (χ3n) is 5.19. The smallest absolute Gasteiger partial charge is 0.311 e. The van der Waals surface area contributed by atoms with Crippen molar-refractivity contribution in [2.75, 3.05) is 26.2 Å². The molecule has 6 nitrogen and oxygen atoms in total. The van der Waals surface area contributed by atoms with Crippen molar-refractivity contribution in [2.45, 2.75) is 40.0 Å². The van der Waals surface area contributed by atoms with Crippen LogP contribution in [0, 0.1) is 17.3 Å². The zero-order valence-electron chi connectivity index (χ0n) is 13.1. The van der Waals surface area contributed by atoms with Crippen molar-refractivity contribution < 1.29 is 18.3 Å². The van der Waals surface area contributed by atoms with Gasteiger partial charge in [-0.3, -0.25) is 4.79 Å². The fraction of sp³-hybridized carbons (Fsp3) is 0.929. The van der Waals surface area contributed by atoms with Gasteiger partial charge in [-0.1, -0.05) is 20.8 Å². The summed E-state index contributed by atoms with van der Waals surface area (Å²) >= 11 is 0. The van der Waals surface area contributed by atoms with Gasteiger partial charge in [0.1, 0.15) is 0 Å². The molecule has 0 bridgehead atoms. The summed E-state index contributed by atoms with van der Waals surface area (Å²) < 4.78 is 28.3. The summed E-state index contributed by atoms with van der Waals surface area (Å²) in [6.45, 7) is 7.32. The minimum Gasteiger partial charge on any atom is -0.481 e. The first-order valence-electron chi connectivity index (χ1n) is 7.69. The number of nitrogens with zero attached hydrogens (tertiary/aromatic N) is 2. The van der Waals surface area contributed by atoms with Crippen molar-refractivity contribution in [3.63, 3.8) is 0 Å². The largest absolute Gasteiger partial charge is 0.481 e. The molecule has 1 unspecified atom stereocenters. The molecule has 0 aromatic heterocycles. The zero-order chi connectivity index (χ0) is 15.8. The number of carbonyl (C=O) groups is 1. The van der Waals surface area contributed by atoms with E-state index >= 15 is 0 Å². The van der Waals surface area contributed by atoms with Crippen molar-refractivity contribution in [3.8, 4) is 0 Å². The Morgan fingerprint density at radius 1 is 1.19 bits per heavy atom. The van der Waals surface area contributed by atoms with E-state index in [-0.39, 0.29) is 12.5 Å². The number of aliphatic carboxylic acids is 1. The van der Waals surface area contributed by atoms with Gasteiger partial charge in [-0.2, -0.15) is 17.0 Å². The predicted octanol–water partition coefficient (Wildman–Crippen LogP) is 1.40. The van der Waals surface area contributed by atoms with Gasteiger partial charge >= 0.3 is 5.97 Å². The van der Waals surface area contributed by atoms with E-state index in [2.05, 4.69) is 6.92 Å². The zero-order valence-corrected chi connectivity index (χ0v) is 13.9. The first kappa shape index (κ1) is 16.7. The average Bonchev–Trinajstić information content (AvgIpc) is 2.86. The van der Waals surface area contributed by atoms with Crippen LogP contribution in [0.15, 0.2) is 0 Å². The highest BCUT2D eigenvalue weighted by Crippen LogP contribution is 2.40. The number of carboxylic acids is 1. The minimum absolute atomic E-state index is 0.0865. The van der Waals surface area contributed by atoms with Gasteiger partial charge in [0.15, 0.2) is 0 Å². The molecule has 0 amide bonds. The van der Waals surface area contributed by atoms with E-state index in [1.54, 1.807) is 0 Å². The monoisotopic (exact) mass is 318 g/mol. The van der Waals surface area contributed by atoms with Crippen LogP contribution in [-0.2, 0) is 15.0 Å². The van der Waals surface area contributed by atoms with Crippen LogP contribution < -0.4 is 0 Å². The Hall–Kier alpha value is -0.660. The Kier molecular flexibility index (Phi) is 4.66. The van der Waals surface area contributed by atoms with E-state index in [1.807, 2.05) is 13.8 Å². The van der Waals surface area contributed by atoms with Gasteiger partial charge in [-0.15, -0.1) is 0 Å². The third kappa shape index (κ3) is 2.96. The van der Waals surface area contributed by atoms with Gasteiger partial charge in [-0.25, -0.2) is 0 Å². The highest BCUT2D eigenvalue weighted by Gasteiger charge is 2.51. The van der Waals surface area contributed by atoms with Crippen LogP contribution in [0.4, 0.5) is 0 Å². The van der Waals surface area contributed by atoms with Gasteiger partial charge in [0.2, 0.25) is 0 Å². The van der Waals surface area contributed by atoms with Crippen molar-refractivity contribution >= 4 is 16.2 Å². The standard InChI is InChI=1S/C14H26N2O4S/c1-11(2)14(13(17)18)6-9-16(10-14)21(19,20)15-7-4-12(3)5-8-15/h11-12H,4-10H2,1-3H3,(H,17,18). The lowest BCUT2D eigenvalue weighted by atomic mass is 9.77. The first-order chi connectivity index (χ1) is 9.70. The highest BCUT2D eigenvalue weighted by atomic mass is 32.2. The molecule has 2 heterocycles. The lowest BCUT2D eigenvalue weighted by Crippen LogP contribution is -2.48. The summed E-state index contributed by atoms with van der Waals surface area (Å²) in [7, 11) is -3.52. The number of carboxylic acid groups (broad SMARTS) is 1.